The second kappa shape index (κ2) is 6.52. The molecule has 2 heterocycles. The Morgan fingerprint density at radius 3 is 2.96 bits per heavy atom. The van der Waals surface area contributed by atoms with Crippen LogP contribution in [0.1, 0.15) is 19.3 Å². The summed E-state index contributed by atoms with van der Waals surface area (Å²) in [6, 6.07) is 7.78. The predicted octanol–water partition coefficient (Wildman–Crippen LogP) is 2.37. The van der Waals surface area contributed by atoms with E-state index in [2.05, 4.69) is 21.6 Å². The monoisotopic (exact) mass is 351 g/mol. The summed E-state index contributed by atoms with van der Waals surface area (Å²) >= 11 is 6.10. The fourth-order valence-corrected chi connectivity index (χ4v) is 4.69. The zero-order valence-electron chi connectivity index (χ0n) is 13.6. The van der Waals surface area contributed by atoms with Crippen LogP contribution in [-0.4, -0.2) is 43.8 Å². The van der Waals surface area contributed by atoms with Crippen LogP contribution in [0.5, 0.6) is 0 Å². The molecular weight excluding hydrogens is 329 g/mol. The number of nitrogens with one attached hydrogen (secondary N) is 2. The number of carbonyl (C=O) groups is 1. The van der Waals surface area contributed by atoms with Crippen molar-refractivity contribution >= 4 is 23.2 Å². The van der Waals surface area contributed by atoms with Crippen LogP contribution in [0.3, 0.4) is 0 Å². The number of anilines is 1. The minimum Gasteiger partial charge on any atom is -0.371 e. The molecule has 0 spiro atoms. The normalized spacial score (nSPS) is 35.2. The van der Waals surface area contributed by atoms with Crippen LogP contribution in [0, 0.1) is 11.8 Å². The molecule has 0 bridgehead atoms. The van der Waals surface area contributed by atoms with Gasteiger partial charge in [0.1, 0.15) is 6.17 Å². The Bertz CT molecular complexity index is 628. The largest absolute Gasteiger partial charge is 0.371 e. The minimum absolute atomic E-state index is 0.0398. The fraction of sp³-hybridized carbons (Fsp3) is 0.611. The van der Waals surface area contributed by atoms with E-state index in [4.69, 9.17) is 11.6 Å². The summed E-state index contributed by atoms with van der Waals surface area (Å²) in [5, 5.41) is 6.90. The van der Waals surface area contributed by atoms with E-state index in [0.29, 0.717) is 18.3 Å². The standard InChI is InChI=1S/C18H23ClFN3O/c19-12-2-1-3-14(6-12)23-9-11-4-5-16(15(11)10-23)22-18(24)17-7-13(20)8-21-17/h1-3,6,11,13,15-17,21H,4-5,7-10H2,(H,22,24)/t11?,13-,15?,16?,17+/m1/s1. The van der Waals surface area contributed by atoms with Crippen molar-refractivity contribution < 1.29 is 9.18 Å². The average molecular weight is 352 g/mol. The van der Waals surface area contributed by atoms with Gasteiger partial charge in [0.2, 0.25) is 5.91 Å². The van der Waals surface area contributed by atoms with Gasteiger partial charge in [-0.15, -0.1) is 0 Å². The Balaban J connectivity index is 1.38. The molecule has 6 heteroatoms. The van der Waals surface area contributed by atoms with Gasteiger partial charge in [0.05, 0.1) is 6.04 Å². The van der Waals surface area contributed by atoms with Gasteiger partial charge in [-0.25, -0.2) is 4.39 Å². The number of carbonyl (C=O) groups excluding carboxylic acids is 1. The number of alkyl halides is 1. The van der Waals surface area contributed by atoms with Crippen LogP contribution < -0.4 is 15.5 Å². The Hall–Kier alpha value is -1.33. The second-order valence-electron chi connectivity index (χ2n) is 7.30. The van der Waals surface area contributed by atoms with Crippen LogP contribution in [0.2, 0.25) is 5.02 Å². The molecule has 1 saturated carbocycles. The van der Waals surface area contributed by atoms with Crippen LogP contribution in [-0.2, 0) is 4.79 Å². The summed E-state index contributed by atoms with van der Waals surface area (Å²) in [6.07, 6.45) is 1.55. The zero-order valence-corrected chi connectivity index (χ0v) is 14.3. The number of nitrogens with zero attached hydrogens (tertiary/aromatic N) is 1. The van der Waals surface area contributed by atoms with Gasteiger partial charge < -0.3 is 15.5 Å². The topological polar surface area (TPSA) is 44.4 Å². The van der Waals surface area contributed by atoms with Crippen molar-refractivity contribution in [1.82, 2.24) is 10.6 Å². The van der Waals surface area contributed by atoms with Gasteiger partial charge in [-0.1, -0.05) is 17.7 Å². The first-order chi connectivity index (χ1) is 11.6. The SMILES string of the molecule is O=C(NC1CCC2CN(c3cccc(Cl)c3)CC21)[C@@H]1C[C@@H](F)CN1. The molecule has 3 unspecified atom stereocenters. The van der Waals surface area contributed by atoms with Gasteiger partial charge in [-0.05, 0) is 37.0 Å². The molecule has 2 saturated heterocycles. The number of halogens is 2. The maximum atomic E-state index is 13.3. The molecule has 3 aliphatic rings. The molecule has 4 nitrogen and oxygen atoms in total. The van der Waals surface area contributed by atoms with E-state index >= 15 is 0 Å². The van der Waals surface area contributed by atoms with Crippen molar-refractivity contribution in [1.29, 1.82) is 0 Å². The Kier molecular flexibility index (Phi) is 4.39. The van der Waals surface area contributed by atoms with Crippen LogP contribution in [0.25, 0.3) is 0 Å². The van der Waals surface area contributed by atoms with Crippen molar-refractivity contribution in [2.24, 2.45) is 11.8 Å². The van der Waals surface area contributed by atoms with Crippen molar-refractivity contribution in [3.63, 3.8) is 0 Å². The molecule has 24 heavy (non-hydrogen) atoms. The Morgan fingerprint density at radius 2 is 2.21 bits per heavy atom. The summed E-state index contributed by atoms with van der Waals surface area (Å²) in [4.78, 5) is 14.7. The summed E-state index contributed by atoms with van der Waals surface area (Å²) in [7, 11) is 0. The van der Waals surface area contributed by atoms with Gasteiger partial charge in [0, 0.05) is 48.7 Å². The zero-order chi connectivity index (χ0) is 16.7. The average Bonchev–Trinajstić information content (AvgIpc) is 3.24. The molecule has 2 N–H and O–H groups in total. The van der Waals surface area contributed by atoms with Crippen molar-refractivity contribution in [2.45, 2.75) is 37.5 Å². The van der Waals surface area contributed by atoms with Crippen LogP contribution >= 0.6 is 11.6 Å². The number of fused-ring (bicyclic) bond motifs is 1. The van der Waals surface area contributed by atoms with E-state index in [1.54, 1.807) is 0 Å². The Labute approximate surface area is 146 Å². The quantitative estimate of drug-likeness (QED) is 0.878. The molecule has 1 aromatic rings. The smallest absolute Gasteiger partial charge is 0.237 e. The molecule has 130 valence electrons. The summed E-state index contributed by atoms with van der Waals surface area (Å²) in [5.41, 5.74) is 1.15. The number of hydrogen-bond acceptors (Lipinski definition) is 3. The first kappa shape index (κ1) is 16.2. The molecule has 1 aliphatic carbocycles. The third-order valence-corrected chi connectivity index (χ3v) is 5.99. The number of rotatable bonds is 3. The lowest BCUT2D eigenvalue weighted by Crippen LogP contribution is -2.47. The molecule has 3 fully saturated rings. The summed E-state index contributed by atoms with van der Waals surface area (Å²) < 4.78 is 13.3. The highest BCUT2D eigenvalue weighted by atomic mass is 35.5. The van der Waals surface area contributed by atoms with E-state index in [0.717, 1.165) is 36.6 Å². The third kappa shape index (κ3) is 3.11. The minimum atomic E-state index is -0.901. The molecule has 0 radical (unpaired) electrons. The summed E-state index contributed by atoms with van der Waals surface area (Å²) in [5.74, 6) is 1.04. The van der Waals surface area contributed by atoms with Gasteiger partial charge in [0.15, 0.2) is 0 Å². The van der Waals surface area contributed by atoms with Crippen molar-refractivity contribution in [3.8, 4) is 0 Å². The van der Waals surface area contributed by atoms with Crippen LogP contribution in [0.15, 0.2) is 24.3 Å². The number of amides is 1. The molecule has 4 rings (SSSR count). The number of hydrogen-bond donors (Lipinski definition) is 2. The second-order valence-corrected chi connectivity index (χ2v) is 7.73. The van der Waals surface area contributed by atoms with Crippen molar-refractivity contribution in [2.75, 3.05) is 24.5 Å². The maximum Gasteiger partial charge on any atom is 0.237 e. The highest BCUT2D eigenvalue weighted by Gasteiger charge is 2.44. The lowest BCUT2D eigenvalue weighted by atomic mass is 9.97. The lowest BCUT2D eigenvalue weighted by molar-refractivity contribution is -0.123. The highest BCUT2D eigenvalue weighted by Crippen LogP contribution is 2.40. The third-order valence-electron chi connectivity index (χ3n) is 5.75. The molecule has 1 aromatic carbocycles. The summed E-state index contributed by atoms with van der Waals surface area (Å²) in [6.45, 7) is 2.25. The Morgan fingerprint density at radius 1 is 1.33 bits per heavy atom. The lowest BCUT2D eigenvalue weighted by Gasteiger charge is -2.24. The molecule has 1 amide bonds. The van der Waals surface area contributed by atoms with E-state index in [9.17, 15) is 9.18 Å². The molecule has 5 atom stereocenters. The first-order valence-corrected chi connectivity index (χ1v) is 9.16. The van der Waals surface area contributed by atoms with Gasteiger partial charge in [0.25, 0.3) is 0 Å². The van der Waals surface area contributed by atoms with E-state index in [1.807, 2.05) is 18.2 Å². The maximum absolute atomic E-state index is 13.3. The predicted molar refractivity (Wildman–Crippen MR) is 93.1 cm³/mol. The van der Waals surface area contributed by atoms with Gasteiger partial charge >= 0.3 is 0 Å². The molecule has 0 aromatic heterocycles. The first-order valence-electron chi connectivity index (χ1n) is 8.78. The highest BCUT2D eigenvalue weighted by molar-refractivity contribution is 6.30. The fourth-order valence-electron chi connectivity index (χ4n) is 4.50. The number of benzene rings is 1. The van der Waals surface area contributed by atoms with Gasteiger partial charge in [-0.3, -0.25) is 4.79 Å². The van der Waals surface area contributed by atoms with Crippen molar-refractivity contribution in [3.05, 3.63) is 29.3 Å². The van der Waals surface area contributed by atoms with Gasteiger partial charge in [-0.2, -0.15) is 0 Å². The molecular formula is C18H23ClFN3O. The van der Waals surface area contributed by atoms with E-state index in [1.165, 1.54) is 0 Å². The van der Waals surface area contributed by atoms with E-state index in [-0.39, 0.29) is 24.5 Å². The molecule has 2 aliphatic heterocycles. The van der Waals surface area contributed by atoms with Crippen LogP contribution in [0.4, 0.5) is 10.1 Å². The van der Waals surface area contributed by atoms with E-state index < -0.39 is 6.17 Å².